The average molecular weight is 516 g/mol. The summed E-state index contributed by atoms with van der Waals surface area (Å²) in [6.07, 6.45) is 1.97. The van der Waals surface area contributed by atoms with Crippen LogP contribution in [0.1, 0.15) is 58.9 Å². The molecule has 1 aliphatic carbocycles. The Kier molecular flexibility index (Phi) is 7.33. The number of nitriles is 1. The number of nitrogens with one attached hydrogen (secondary N) is 1. The van der Waals surface area contributed by atoms with Crippen molar-refractivity contribution in [1.82, 2.24) is 25.3 Å². The van der Waals surface area contributed by atoms with Crippen LogP contribution in [-0.4, -0.2) is 63.9 Å². The molecule has 3 heterocycles. The molecule has 1 saturated heterocycles. The second kappa shape index (κ2) is 10.5. The van der Waals surface area contributed by atoms with Crippen LogP contribution in [0.3, 0.4) is 0 Å². The summed E-state index contributed by atoms with van der Waals surface area (Å²) in [5.74, 6) is -4.86. The third kappa shape index (κ3) is 6.54. The number of alkyl halides is 2. The smallest absolute Gasteiger partial charge is 0.321 e. The summed E-state index contributed by atoms with van der Waals surface area (Å²) >= 11 is 0. The van der Waals surface area contributed by atoms with E-state index < -0.39 is 24.3 Å². The van der Waals surface area contributed by atoms with Crippen LogP contribution in [-0.2, 0) is 0 Å². The molecule has 12 nitrogen and oxygen atoms in total. The van der Waals surface area contributed by atoms with Gasteiger partial charge in [0.2, 0.25) is 11.8 Å². The molecule has 0 bridgehead atoms. The first kappa shape index (κ1) is 25.9. The monoisotopic (exact) mass is 515 g/mol. The van der Waals surface area contributed by atoms with Crippen molar-refractivity contribution >= 4 is 23.5 Å². The van der Waals surface area contributed by atoms with Gasteiger partial charge >= 0.3 is 6.01 Å². The van der Waals surface area contributed by atoms with Gasteiger partial charge in [-0.15, -0.1) is 0 Å². The maximum absolute atomic E-state index is 13.2. The van der Waals surface area contributed by atoms with Gasteiger partial charge in [0, 0.05) is 37.5 Å². The number of pyridine rings is 1. The Morgan fingerprint density at radius 3 is 2.59 bits per heavy atom. The molecule has 2 fully saturated rings. The van der Waals surface area contributed by atoms with Crippen molar-refractivity contribution in [2.75, 3.05) is 36.9 Å². The van der Waals surface area contributed by atoms with Crippen LogP contribution in [0.15, 0.2) is 12.1 Å². The van der Waals surface area contributed by atoms with E-state index in [0.29, 0.717) is 45.0 Å². The maximum atomic E-state index is 13.2. The summed E-state index contributed by atoms with van der Waals surface area (Å²) in [6.45, 7) is 0.984. The Morgan fingerprint density at radius 1 is 1.24 bits per heavy atom. The Labute approximate surface area is 211 Å². The van der Waals surface area contributed by atoms with E-state index in [2.05, 4.69) is 31.3 Å². The fourth-order valence-electron chi connectivity index (χ4n) is 4.02. The van der Waals surface area contributed by atoms with E-state index in [1.165, 1.54) is 0 Å². The van der Waals surface area contributed by atoms with Gasteiger partial charge in [0.1, 0.15) is 0 Å². The number of hydrogen-bond acceptors (Lipinski definition) is 10. The summed E-state index contributed by atoms with van der Waals surface area (Å²) in [5, 5.41) is 11.1. The van der Waals surface area contributed by atoms with Gasteiger partial charge in [-0.1, -0.05) is 0 Å². The van der Waals surface area contributed by atoms with Gasteiger partial charge in [0.25, 0.3) is 17.7 Å². The van der Waals surface area contributed by atoms with Crippen LogP contribution in [0.4, 0.5) is 20.4 Å². The van der Waals surface area contributed by atoms with Crippen molar-refractivity contribution in [2.45, 2.75) is 38.0 Å². The summed E-state index contributed by atoms with van der Waals surface area (Å²) in [4.78, 5) is 42.8. The van der Waals surface area contributed by atoms with Crippen LogP contribution >= 0.6 is 0 Å². The molecule has 14 heteroatoms. The van der Waals surface area contributed by atoms with E-state index in [4.69, 9.17) is 21.5 Å². The summed E-state index contributed by atoms with van der Waals surface area (Å²) < 4.78 is 32.1. The number of hydrogen-bond donors (Lipinski definition) is 3. The molecule has 0 spiro atoms. The highest BCUT2D eigenvalue weighted by molar-refractivity contribution is 5.95. The SMILES string of the molecule is CC(F)(F)CNC(=O)c1nc(OC[C@H]2C[C@H]2C#N)nc(N2CCC(c3ccc(N)c(C(N)=O)n3)CC2)n1. The highest BCUT2D eigenvalue weighted by atomic mass is 19.3. The quantitative estimate of drug-likeness (QED) is 0.439. The number of nitrogens with two attached hydrogens (primary N) is 2. The first-order chi connectivity index (χ1) is 17.5. The molecule has 2 aliphatic rings. The second-order valence-electron chi connectivity index (χ2n) is 9.34. The zero-order valence-corrected chi connectivity index (χ0v) is 20.2. The molecule has 1 saturated carbocycles. The largest absolute Gasteiger partial charge is 0.463 e. The van der Waals surface area contributed by atoms with Crippen LogP contribution < -0.4 is 26.4 Å². The van der Waals surface area contributed by atoms with E-state index in [-0.39, 0.29) is 53.5 Å². The number of halogens is 2. The molecule has 0 aromatic carbocycles. The average Bonchev–Trinajstić information content (AvgIpc) is 3.64. The highest BCUT2D eigenvalue weighted by Gasteiger charge is 2.38. The second-order valence-corrected chi connectivity index (χ2v) is 9.34. The Balaban J connectivity index is 1.49. The van der Waals surface area contributed by atoms with Crippen LogP contribution in [0, 0.1) is 23.2 Å². The normalized spacial score (nSPS) is 19.7. The van der Waals surface area contributed by atoms with E-state index >= 15 is 0 Å². The van der Waals surface area contributed by atoms with Gasteiger partial charge in [-0.3, -0.25) is 9.59 Å². The fourth-order valence-corrected chi connectivity index (χ4v) is 4.02. The van der Waals surface area contributed by atoms with Crippen molar-refractivity contribution in [3.05, 3.63) is 29.3 Å². The zero-order chi connectivity index (χ0) is 26.7. The lowest BCUT2D eigenvalue weighted by Crippen LogP contribution is -2.37. The lowest BCUT2D eigenvalue weighted by atomic mass is 9.93. The predicted molar refractivity (Wildman–Crippen MR) is 127 cm³/mol. The van der Waals surface area contributed by atoms with E-state index in [1.54, 1.807) is 12.1 Å². The zero-order valence-electron chi connectivity index (χ0n) is 20.2. The van der Waals surface area contributed by atoms with Crippen molar-refractivity contribution in [3.8, 4) is 12.1 Å². The number of rotatable bonds is 9. The van der Waals surface area contributed by atoms with Gasteiger partial charge in [-0.05, 0) is 31.4 Å². The minimum absolute atomic E-state index is 0.0276. The van der Waals surface area contributed by atoms with Crippen molar-refractivity contribution < 1.29 is 23.1 Å². The number of ether oxygens (including phenoxy) is 1. The predicted octanol–water partition coefficient (Wildman–Crippen LogP) is 1.26. The van der Waals surface area contributed by atoms with Gasteiger partial charge in [0.15, 0.2) is 5.69 Å². The van der Waals surface area contributed by atoms with E-state index in [1.807, 2.05) is 4.90 Å². The molecule has 2 aromatic rings. The van der Waals surface area contributed by atoms with E-state index in [9.17, 15) is 18.4 Å². The topological polar surface area (TPSA) is 186 Å². The molecule has 37 heavy (non-hydrogen) atoms. The number of primary amides is 1. The van der Waals surface area contributed by atoms with Crippen molar-refractivity contribution in [3.63, 3.8) is 0 Å². The molecule has 4 rings (SSSR count). The number of carbonyl (C=O) groups excluding carboxylic acids is 2. The van der Waals surface area contributed by atoms with Gasteiger partial charge < -0.3 is 26.4 Å². The van der Waals surface area contributed by atoms with Crippen LogP contribution in [0.5, 0.6) is 6.01 Å². The molecular formula is C23H27F2N9O3. The molecule has 2 atom stereocenters. The molecule has 2 amide bonds. The number of amides is 2. The Bertz CT molecular complexity index is 1220. The number of nitrogens with zero attached hydrogens (tertiary/aromatic N) is 6. The van der Waals surface area contributed by atoms with E-state index in [0.717, 1.165) is 0 Å². The summed E-state index contributed by atoms with van der Waals surface area (Å²) in [7, 11) is 0. The number of nitrogen functional groups attached to an aromatic ring is 1. The number of piperidine rings is 1. The summed E-state index contributed by atoms with van der Waals surface area (Å²) in [6, 6.07) is 5.41. The lowest BCUT2D eigenvalue weighted by molar-refractivity contribution is 0.0219. The molecule has 1 aliphatic heterocycles. The van der Waals surface area contributed by atoms with Crippen molar-refractivity contribution in [2.24, 2.45) is 17.6 Å². The number of carbonyl (C=O) groups is 2. The minimum atomic E-state index is -3.10. The molecule has 0 unspecified atom stereocenters. The number of anilines is 2. The third-order valence-electron chi connectivity index (χ3n) is 6.26. The van der Waals surface area contributed by atoms with Crippen LogP contribution in [0.25, 0.3) is 0 Å². The van der Waals surface area contributed by atoms with Crippen LogP contribution in [0.2, 0.25) is 0 Å². The molecular weight excluding hydrogens is 488 g/mol. The van der Waals surface area contributed by atoms with Gasteiger partial charge in [0.05, 0.1) is 30.8 Å². The maximum Gasteiger partial charge on any atom is 0.321 e. The first-order valence-corrected chi connectivity index (χ1v) is 11.8. The third-order valence-corrected chi connectivity index (χ3v) is 6.26. The molecule has 2 aromatic heterocycles. The molecule has 0 radical (unpaired) electrons. The number of aromatic nitrogens is 4. The Hall–Kier alpha value is -4.15. The molecule has 5 N–H and O–H groups in total. The first-order valence-electron chi connectivity index (χ1n) is 11.8. The highest BCUT2D eigenvalue weighted by Crippen LogP contribution is 2.37. The van der Waals surface area contributed by atoms with Gasteiger partial charge in [-0.2, -0.15) is 20.2 Å². The molecule has 196 valence electrons. The lowest BCUT2D eigenvalue weighted by Gasteiger charge is -2.32. The fraction of sp³-hybridized carbons (Fsp3) is 0.522. The standard InChI is InChI=1S/C23H27F2N9O3/c1-23(24,25)11-29-20(36)19-31-21(33-22(32-19)37-10-14-8-13(14)9-26)34-6-4-12(5-7-34)16-3-2-15(27)17(30-16)18(28)35/h2-3,12-14H,4-8,10-11,27H2,1H3,(H2,28,35)(H,29,36)/t13-,14+/m0/s1. The van der Waals surface area contributed by atoms with Gasteiger partial charge in [-0.25, -0.2) is 13.8 Å². The minimum Gasteiger partial charge on any atom is -0.463 e. The summed E-state index contributed by atoms with van der Waals surface area (Å²) in [5.41, 5.74) is 12.1. The van der Waals surface area contributed by atoms with Crippen molar-refractivity contribution in [1.29, 1.82) is 5.26 Å². The Morgan fingerprint density at radius 2 is 1.97 bits per heavy atom.